The molecule has 2 aromatic rings. The van der Waals surface area contributed by atoms with Crippen molar-refractivity contribution in [3.63, 3.8) is 0 Å². The van der Waals surface area contributed by atoms with Gasteiger partial charge in [0.1, 0.15) is 5.75 Å². The number of aliphatic carboxylic acids is 1. The SMILES string of the molecule is COCCC1(N)Oc2ccc(C(=O)c3ccc(C=NN4CCCCC4)cc3)cc2CC1CC(=O)O. The Hall–Kier alpha value is -3.23. The zero-order chi connectivity index (χ0) is 24.8. The summed E-state index contributed by atoms with van der Waals surface area (Å²) in [6, 6.07) is 12.6. The van der Waals surface area contributed by atoms with E-state index in [2.05, 4.69) is 10.1 Å². The minimum atomic E-state index is -1.14. The van der Waals surface area contributed by atoms with Crippen molar-refractivity contribution in [2.75, 3.05) is 26.8 Å². The van der Waals surface area contributed by atoms with Crippen molar-refractivity contribution in [1.29, 1.82) is 0 Å². The van der Waals surface area contributed by atoms with Gasteiger partial charge in [-0.1, -0.05) is 24.3 Å². The second-order valence-corrected chi connectivity index (χ2v) is 9.33. The summed E-state index contributed by atoms with van der Waals surface area (Å²) in [5, 5.41) is 16.0. The van der Waals surface area contributed by atoms with Crippen LogP contribution in [0.5, 0.6) is 5.75 Å². The van der Waals surface area contributed by atoms with E-state index < -0.39 is 17.6 Å². The number of fused-ring (bicyclic) bond motifs is 1. The number of nitrogens with two attached hydrogens (primary N) is 1. The molecule has 2 aliphatic heterocycles. The molecule has 0 aromatic heterocycles. The molecule has 2 heterocycles. The van der Waals surface area contributed by atoms with Crippen LogP contribution in [-0.4, -0.2) is 60.6 Å². The number of rotatable bonds is 9. The van der Waals surface area contributed by atoms with Gasteiger partial charge in [-0.25, -0.2) is 0 Å². The first-order valence-electron chi connectivity index (χ1n) is 12.1. The molecule has 2 aliphatic rings. The van der Waals surface area contributed by atoms with Gasteiger partial charge in [-0.3, -0.25) is 20.3 Å². The number of carbonyl (C=O) groups excluding carboxylic acids is 1. The molecule has 1 fully saturated rings. The van der Waals surface area contributed by atoms with E-state index in [9.17, 15) is 14.7 Å². The predicted molar refractivity (Wildman–Crippen MR) is 133 cm³/mol. The molecule has 2 atom stereocenters. The first-order valence-corrected chi connectivity index (χ1v) is 12.1. The highest BCUT2D eigenvalue weighted by molar-refractivity contribution is 6.09. The average Bonchev–Trinajstić information content (AvgIpc) is 2.87. The molecule has 0 radical (unpaired) electrons. The van der Waals surface area contributed by atoms with E-state index in [1.165, 1.54) is 19.3 Å². The highest BCUT2D eigenvalue weighted by atomic mass is 16.5. The maximum absolute atomic E-state index is 13.2. The number of carboxylic acid groups (broad SMARTS) is 1. The minimum absolute atomic E-state index is 0.105. The van der Waals surface area contributed by atoms with E-state index in [0.29, 0.717) is 36.3 Å². The number of methoxy groups -OCH3 is 1. The molecule has 1 saturated heterocycles. The van der Waals surface area contributed by atoms with Crippen LogP contribution >= 0.6 is 0 Å². The quantitative estimate of drug-likeness (QED) is 0.418. The number of hydrazone groups is 1. The normalized spacial score (nSPS) is 22.0. The summed E-state index contributed by atoms with van der Waals surface area (Å²) in [5.41, 5.74) is 8.17. The summed E-state index contributed by atoms with van der Waals surface area (Å²) in [4.78, 5) is 24.6. The van der Waals surface area contributed by atoms with Crippen LogP contribution in [0.2, 0.25) is 0 Å². The van der Waals surface area contributed by atoms with E-state index in [0.717, 1.165) is 24.2 Å². The van der Waals surface area contributed by atoms with Crippen molar-refractivity contribution < 1.29 is 24.2 Å². The van der Waals surface area contributed by atoms with Gasteiger partial charge in [0.2, 0.25) is 0 Å². The number of carbonyl (C=O) groups is 2. The van der Waals surface area contributed by atoms with Crippen LogP contribution in [0.25, 0.3) is 0 Å². The van der Waals surface area contributed by atoms with E-state index in [4.69, 9.17) is 15.2 Å². The van der Waals surface area contributed by atoms with Crippen LogP contribution in [0.3, 0.4) is 0 Å². The lowest BCUT2D eigenvalue weighted by Gasteiger charge is -2.41. The summed E-state index contributed by atoms with van der Waals surface area (Å²) in [5.74, 6) is -0.908. The van der Waals surface area contributed by atoms with Crippen molar-refractivity contribution in [2.24, 2.45) is 16.8 Å². The molecule has 0 spiro atoms. The summed E-state index contributed by atoms with van der Waals surface area (Å²) >= 11 is 0. The van der Waals surface area contributed by atoms with Gasteiger partial charge in [0, 0.05) is 43.7 Å². The fourth-order valence-electron chi connectivity index (χ4n) is 4.71. The fourth-order valence-corrected chi connectivity index (χ4v) is 4.71. The molecule has 3 N–H and O–H groups in total. The largest absolute Gasteiger partial charge is 0.481 e. The predicted octanol–water partition coefficient (Wildman–Crippen LogP) is 3.45. The maximum atomic E-state index is 13.2. The van der Waals surface area contributed by atoms with E-state index in [-0.39, 0.29) is 12.2 Å². The fraction of sp³-hybridized carbons (Fsp3) is 0.444. The number of benzene rings is 2. The molecular weight excluding hydrogens is 446 g/mol. The Morgan fingerprint density at radius 3 is 2.57 bits per heavy atom. The molecular formula is C27H33N3O5. The molecule has 0 amide bonds. The highest BCUT2D eigenvalue weighted by Crippen LogP contribution is 2.38. The third kappa shape index (κ3) is 6.07. The Balaban J connectivity index is 1.49. The monoisotopic (exact) mass is 479 g/mol. The Morgan fingerprint density at radius 2 is 1.89 bits per heavy atom. The van der Waals surface area contributed by atoms with Crippen molar-refractivity contribution >= 4 is 18.0 Å². The number of ether oxygens (including phenoxy) is 2. The van der Waals surface area contributed by atoms with Crippen LogP contribution in [-0.2, 0) is 16.0 Å². The van der Waals surface area contributed by atoms with Gasteiger partial charge >= 0.3 is 5.97 Å². The summed E-state index contributed by atoms with van der Waals surface area (Å²) in [6.45, 7) is 2.33. The number of hydrogen-bond donors (Lipinski definition) is 2. The molecule has 186 valence electrons. The first-order chi connectivity index (χ1) is 16.9. The average molecular weight is 480 g/mol. The van der Waals surface area contributed by atoms with E-state index in [1.807, 2.05) is 18.3 Å². The standard InChI is InChI=1S/C27H33N3O5/c1-34-14-11-27(28)23(17-25(31)32)16-22-15-21(9-10-24(22)35-27)26(33)20-7-5-19(6-8-20)18-29-30-12-3-2-4-13-30/h5-10,15,18,23H,2-4,11-14,16-17,28H2,1H3,(H,31,32). The number of carboxylic acids is 1. The molecule has 8 nitrogen and oxygen atoms in total. The van der Waals surface area contributed by atoms with E-state index in [1.54, 1.807) is 37.4 Å². The number of piperidine rings is 1. The van der Waals surface area contributed by atoms with Crippen LogP contribution in [0, 0.1) is 5.92 Å². The van der Waals surface area contributed by atoms with Crippen molar-refractivity contribution in [1.82, 2.24) is 5.01 Å². The van der Waals surface area contributed by atoms with Crippen LogP contribution in [0.15, 0.2) is 47.6 Å². The maximum Gasteiger partial charge on any atom is 0.303 e. The second-order valence-electron chi connectivity index (χ2n) is 9.33. The Labute approximate surface area is 205 Å². The summed E-state index contributed by atoms with van der Waals surface area (Å²) < 4.78 is 11.2. The van der Waals surface area contributed by atoms with Crippen molar-refractivity contribution in [3.05, 3.63) is 64.7 Å². The summed E-state index contributed by atoms with van der Waals surface area (Å²) in [7, 11) is 1.57. The molecule has 4 rings (SSSR count). The zero-order valence-electron chi connectivity index (χ0n) is 20.1. The number of ketones is 1. The van der Waals surface area contributed by atoms with Gasteiger partial charge < -0.3 is 14.6 Å². The van der Waals surface area contributed by atoms with Crippen LogP contribution in [0.1, 0.15) is 59.2 Å². The molecule has 2 aromatic carbocycles. The highest BCUT2D eigenvalue weighted by Gasteiger charge is 2.42. The molecule has 0 saturated carbocycles. The molecule has 0 bridgehead atoms. The zero-order valence-corrected chi connectivity index (χ0v) is 20.1. The smallest absolute Gasteiger partial charge is 0.303 e. The molecule has 0 aliphatic carbocycles. The molecule has 8 heteroatoms. The lowest BCUT2D eigenvalue weighted by atomic mass is 9.81. The Morgan fingerprint density at radius 1 is 1.17 bits per heavy atom. The third-order valence-corrected chi connectivity index (χ3v) is 6.77. The number of hydrogen-bond acceptors (Lipinski definition) is 7. The minimum Gasteiger partial charge on any atom is -0.481 e. The van der Waals surface area contributed by atoms with Crippen LogP contribution < -0.4 is 10.5 Å². The van der Waals surface area contributed by atoms with Gasteiger partial charge in [-0.15, -0.1) is 0 Å². The van der Waals surface area contributed by atoms with Gasteiger partial charge in [0.25, 0.3) is 0 Å². The molecule has 35 heavy (non-hydrogen) atoms. The first kappa shape index (κ1) is 24.9. The van der Waals surface area contributed by atoms with Gasteiger partial charge in [-0.2, -0.15) is 5.10 Å². The van der Waals surface area contributed by atoms with Crippen molar-refractivity contribution in [2.45, 2.75) is 44.2 Å². The third-order valence-electron chi connectivity index (χ3n) is 6.77. The molecule has 2 unspecified atom stereocenters. The van der Waals surface area contributed by atoms with E-state index >= 15 is 0 Å². The van der Waals surface area contributed by atoms with Crippen molar-refractivity contribution in [3.8, 4) is 5.75 Å². The van der Waals surface area contributed by atoms with Gasteiger partial charge in [-0.05, 0) is 55.0 Å². The van der Waals surface area contributed by atoms with Gasteiger partial charge in [0.15, 0.2) is 11.5 Å². The van der Waals surface area contributed by atoms with Gasteiger partial charge in [0.05, 0.1) is 19.2 Å². The summed E-state index contributed by atoms with van der Waals surface area (Å²) in [6.07, 6.45) is 6.10. The van der Waals surface area contributed by atoms with Crippen LogP contribution in [0.4, 0.5) is 0 Å². The lowest BCUT2D eigenvalue weighted by Crippen LogP contribution is -2.56. The second kappa shape index (κ2) is 11.0. The Kier molecular flexibility index (Phi) is 7.83. The Bertz CT molecular complexity index is 1080. The lowest BCUT2D eigenvalue weighted by molar-refractivity contribution is -0.141. The number of nitrogens with zero attached hydrogens (tertiary/aromatic N) is 2. The topological polar surface area (TPSA) is 114 Å².